The first-order chi connectivity index (χ1) is 12.2. The number of hydrogen-bond acceptors (Lipinski definition) is 5. The summed E-state index contributed by atoms with van der Waals surface area (Å²) in [6, 6.07) is 10.4. The van der Waals surface area contributed by atoms with Crippen molar-refractivity contribution in [3.05, 3.63) is 42.1 Å². The largest absolute Gasteiger partial charge is 0.396 e. The Kier molecular flexibility index (Phi) is 6.37. The molecule has 1 aromatic carbocycles. The smallest absolute Gasteiger partial charge is 0.0705 e. The van der Waals surface area contributed by atoms with Crippen LogP contribution >= 0.6 is 0 Å². The maximum Gasteiger partial charge on any atom is 0.0705 e. The minimum atomic E-state index is 0.260. The Morgan fingerprint density at radius 1 is 1.24 bits per heavy atom. The Balaban J connectivity index is 1.65. The van der Waals surface area contributed by atoms with Crippen LogP contribution in [-0.4, -0.2) is 73.4 Å². The van der Waals surface area contributed by atoms with Gasteiger partial charge in [-0.2, -0.15) is 0 Å². The van der Waals surface area contributed by atoms with E-state index in [2.05, 4.69) is 46.1 Å². The van der Waals surface area contributed by atoms with E-state index in [1.54, 1.807) is 7.11 Å². The fourth-order valence-corrected chi connectivity index (χ4v) is 3.85. The van der Waals surface area contributed by atoms with Gasteiger partial charge in [0, 0.05) is 58.0 Å². The molecule has 2 heterocycles. The lowest BCUT2D eigenvalue weighted by Gasteiger charge is -2.23. The van der Waals surface area contributed by atoms with Crippen LogP contribution in [0.5, 0.6) is 0 Å². The molecule has 2 aromatic rings. The number of aromatic nitrogens is 1. The monoisotopic (exact) mass is 343 g/mol. The van der Waals surface area contributed by atoms with E-state index in [1.165, 1.54) is 10.9 Å². The molecule has 0 amide bonds. The van der Waals surface area contributed by atoms with Gasteiger partial charge in [-0.25, -0.2) is 0 Å². The van der Waals surface area contributed by atoms with Gasteiger partial charge in [-0.1, -0.05) is 18.2 Å². The highest BCUT2D eigenvalue weighted by Crippen LogP contribution is 2.27. The average Bonchev–Trinajstić information content (AvgIpc) is 3.01. The van der Waals surface area contributed by atoms with Crippen molar-refractivity contribution in [1.29, 1.82) is 0 Å². The van der Waals surface area contributed by atoms with Gasteiger partial charge >= 0.3 is 0 Å². The number of pyridine rings is 1. The van der Waals surface area contributed by atoms with Gasteiger partial charge in [-0.05, 0) is 36.6 Å². The van der Waals surface area contributed by atoms with E-state index >= 15 is 0 Å². The van der Waals surface area contributed by atoms with E-state index in [-0.39, 0.29) is 6.61 Å². The van der Waals surface area contributed by atoms with Gasteiger partial charge in [0.15, 0.2) is 0 Å². The Morgan fingerprint density at radius 3 is 2.84 bits per heavy atom. The molecule has 0 saturated carbocycles. The molecule has 1 aliphatic heterocycles. The zero-order chi connectivity index (χ0) is 17.6. The number of likely N-dealkylation sites (tertiary alicyclic amines) is 1. The van der Waals surface area contributed by atoms with Crippen LogP contribution in [0.1, 0.15) is 5.56 Å². The minimum absolute atomic E-state index is 0.260. The van der Waals surface area contributed by atoms with Crippen LogP contribution in [0.25, 0.3) is 10.9 Å². The summed E-state index contributed by atoms with van der Waals surface area (Å²) in [6.07, 6.45) is 1.90. The average molecular weight is 343 g/mol. The molecule has 1 N–H and O–H groups in total. The fraction of sp³-hybridized carbons (Fsp3) is 0.550. The molecular weight excluding hydrogens is 314 g/mol. The minimum Gasteiger partial charge on any atom is -0.396 e. The molecule has 136 valence electrons. The second kappa shape index (κ2) is 8.72. The fourth-order valence-electron chi connectivity index (χ4n) is 3.85. The maximum atomic E-state index is 9.80. The SMILES string of the molecule is COCCN(C)C[C@@H]1CN(Cc2ccnc3ccccc23)C[C@@H]1CO. The van der Waals surface area contributed by atoms with Crippen molar-refractivity contribution in [2.75, 3.05) is 53.6 Å². The number of likely N-dealkylation sites (N-methyl/N-ethyl adjacent to an activating group) is 1. The summed E-state index contributed by atoms with van der Waals surface area (Å²) in [6.45, 7) is 5.84. The third-order valence-electron chi connectivity index (χ3n) is 5.24. The lowest BCUT2D eigenvalue weighted by Crippen LogP contribution is -2.33. The summed E-state index contributed by atoms with van der Waals surface area (Å²) in [7, 11) is 3.87. The Hall–Kier alpha value is -1.53. The number of benzene rings is 1. The predicted octanol–water partition coefficient (Wildman–Crippen LogP) is 1.85. The number of methoxy groups -OCH3 is 1. The van der Waals surface area contributed by atoms with Gasteiger partial charge < -0.3 is 14.7 Å². The molecule has 0 bridgehead atoms. The van der Waals surface area contributed by atoms with Crippen LogP contribution in [0.3, 0.4) is 0 Å². The molecule has 1 aliphatic rings. The molecule has 5 heteroatoms. The predicted molar refractivity (Wildman–Crippen MR) is 100 cm³/mol. The first-order valence-electron chi connectivity index (χ1n) is 9.04. The highest BCUT2D eigenvalue weighted by Gasteiger charge is 2.32. The van der Waals surface area contributed by atoms with E-state index in [4.69, 9.17) is 4.74 Å². The zero-order valence-electron chi connectivity index (χ0n) is 15.3. The molecule has 1 aromatic heterocycles. The highest BCUT2D eigenvalue weighted by molar-refractivity contribution is 5.81. The molecule has 2 atom stereocenters. The Morgan fingerprint density at radius 2 is 2.04 bits per heavy atom. The zero-order valence-corrected chi connectivity index (χ0v) is 15.3. The van der Waals surface area contributed by atoms with E-state index in [0.29, 0.717) is 11.8 Å². The van der Waals surface area contributed by atoms with Crippen molar-refractivity contribution in [2.24, 2.45) is 11.8 Å². The standard InChI is InChI=1S/C20H29N3O2/c1-22(9-10-25-2)11-17-13-23(14-18(17)15-24)12-16-7-8-21-20-6-4-3-5-19(16)20/h3-8,17-18,24H,9-15H2,1-2H3/t17-,18-/m1/s1. The summed E-state index contributed by atoms with van der Waals surface area (Å²) < 4.78 is 5.16. The van der Waals surface area contributed by atoms with Gasteiger partial charge in [0.25, 0.3) is 0 Å². The molecule has 0 spiro atoms. The second-order valence-electron chi connectivity index (χ2n) is 7.14. The first-order valence-corrected chi connectivity index (χ1v) is 9.04. The molecule has 5 nitrogen and oxygen atoms in total. The van der Waals surface area contributed by atoms with Crippen LogP contribution in [0.15, 0.2) is 36.5 Å². The van der Waals surface area contributed by atoms with Crippen LogP contribution in [-0.2, 0) is 11.3 Å². The summed E-state index contributed by atoms with van der Waals surface area (Å²) in [5.74, 6) is 0.845. The first kappa shape index (κ1) is 18.3. The summed E-state index contributed by atoms with van der Waals surface area (Å²) in [5.41, 5.74) is 2.37. The number of fused-ring (bicyclic) bond motifs is 1. The maximum absolute atomic E-state index is 9.80. The number of aliphatic hydroxyl groups is 1. The van der Waals surface area contributed by atoms with Crippen LogP contribution in [0.4, 0.5) is 0 Å². The Labute approximate surface area is 150 Å². The van der Waals surface area contributed by atoms with Crippen molar-refractivity contribution in [1.82, 2.24) is 14.8 Å². The molecule has 0 unspecified atom stereocenters. The lowest BCUT2D eigenvalue weighted by molar-refractivity contribution is 0.136. The van der Waals surface area contributed by atoms with Crippen molar-refractivity contribution in [3.8, 4) is 0 Å². The lowest BCUT2D eigenvalue weighted by atomic mass is 9.96. The van der Waals surface area contributed by atoms with Crippen molar-refractivity contribution in [2.45, 2.75) is 6.54 Å². The summed E-state index contributed by atoms with van der Waals surface area (Å²) >= 11 is 0. The molecule has 25 heavy (non-hydrogen) atoms. The number of hydrogen-bond donors (Lipinski definition) is 1. The van der Waals surface area contributed by atoms with Crippen LogP contribution < -0.4 is 0 Å². The number of nitrogens with zero attached hydrogens (tertiary/aromatic N) is 3. The normalized spacial score (nSPS) is 21.4. The van der Waals surface area contributed by atoms with E-state index in [1.807, 2.05) is 12.3 Å². The molecule has 3 rings (SSSR count). The number of ether oxygens (including phenoxy) is 1. The van der Waals surface area contributed by atoms with Gasteiger partial charge in [0.2, 0.25) is 0 Å². The van der Waals surface area contributed by atoms with Crippen LogP contribution in [0.2, 0.25) is 0 Å². The van der Waals surface area contributed by atoms with Gasteiger partial charge in [-0.3, -0.25) is 9.88 Å². The number of rotatable bonds is 8. The quantitative estimate of drug-likeness (QED) is 0.793. The molecule has 1 saturated heterocycles. The third kappa shape index (κ3) is 4.55. The number of aliphatic hydroxyl groups excluding tert-OH is 1. The number of para-hydroxylation sites is 1. The topological polar surface area (TPSA) is 48.8 Å². The molecular formula is C20H29N3O2. The summed E-state index contributed by atoms with van der Waals surface area (Å²) in [4.78, 5) is 9.23. The van der Waals surface area contributed by atoms with E-state index < -0.39 is 0 Å². The highest BCUT2D eigenvalue weighted by atomic mass is 16.5. The van der Waals surface area contributed by atoms with E-state index in [0.717, 1.165) is 44.8 Å². The molecule has 1 fully saturated rings. The second-order valence-corrected chi connectivity index (χ2v) is 7.14. The van der Waals surface area contributed by atoms with Crippen LogP contribution in [0, 0.1) is 11.8 Å². The third-order valence-corrected chi connectivity index (χ3v) is 5.24. The van der Waals surface area contributed by atoms with Crippen molar-refractivity contribution in [3.63, 3.8) is 0 Å². The van der Waals surface area contributed by atoms with Gasteiger partial charge in [0.1, 0.15) is 0 Å². The molecule has 0 aliphatic carbocycles. The van der Waals surface area contributed by atoms with Crippen molar-refractivity contribution >= 4 is 10.9 Å². The summed E-state index contributed by atoms with van der Waals surface area (Å²) in [5, 5.41) is 11.0. The van der Waals surface area contributed by atoms with E-state index in [9.17, 15) is 5.11 Å². The molecule has 0 radical (unpaired) electrons. The Bertz CT molecular complexity index is 674. The van der Waals surface area contributed by atoms with Gasteiger partial charge in [-0.15, -0.1) is 0 Å². The van der Waals surface area contributed by atoms with Gasteiger partial charge in [0.05, 0.1) is 12.1 Å². The van der Waals surface area contributed by atoms with Crippen molar-refractivity contribution < 1.29 is 9.84 Å².